The van der Waals surface area contributed by atoms with E-state index in [-0.39, 0.29) is 24.2 Å². The molecule has 2 amide bonds. The Morgan fingerprint density at radius 1 is 1.14 bits per heavy atom. The van der Waals surface area contributed by atoms with Gasteiger partial charge in [0.05, 0.1) is 6.42 Å². The molecule has 1 saturated heterocycles. The third-order valence-electron chi connectivity index (χ3n) is 4.44. The van der Waals surface area contributed by atoms with Crippen LogP contribution >= 0.6 is 0 Å². The lowest BCUT2D eigenvalue weighted by Crippen LogP contribution is -2.59. The number of piperazine rings is 1. The zero-order valence-corrected chi connectivity index (χ0v) is 12.3. The van der Waals surface area contributed by atoms with Crippen molar-refractivity contribution in [2.24, 2.45) is 5.92 Å². The molecular formula is C15H24N2O4. The van der Waals surface area contributed by atoms with Crippen LogP contribution in [0.15, 0.2) is 0 Å². The highest BCUT2D eigenvalue weighted by Crippen LogP contribution is 2.25. The van der Waals surface area contributed by atoms with Gasteiger partial charge in [-0.2, -0.15) is 0 Å². The molecule has 6 heteroatoms. The van der Waals surface area contributed by atoms with Crippen molar-refractivity contribution in [2.75, 3.05) is 13.1 Å². The number of aliphatic carboxylic acids is 1. The quantitative estimate of drug-likeness (QED) is 0.818. The first-order chi connectivity index (χ1) is 10.1. The van der Waals surface area contributed by atoms with E-state index in [4.69, 9.17) is 5.11 Å². The monoisotopic (exact) mass is 296 g/mol. The Hall–Kier alpha value is -1.59. The summed E-state index contributed by atoms with van der Waals surface area (Å²) in [5, 5.41) is 11.6. The molecule has 2 fully saturated rings. The summed E-state index contributed by atoms with van der Waals surface area (Å²) in [6.07, 6.45) is 7.03. The van der Waals surface area contributed by atoms with Crippen molar-refractivity contribution < 1.29 is 19.5 Å². The first-order valence-corrected chi connectivity index (χ1v) is 7.89. The van der Waals surface area contributed by atoms with Crippen LogP contribution in [0.1, 0.15) is 51.4 Å². The average molecular weight is 296 g/mol. The van der Waals surface area contributed by atoms with E-state index in [9.17, 15) is 14.4 Å². The van der Waals surface area contributed by atoms with E-state index in [0.29, 0.717) is 13.1 Å². The van der Waals surface area contributed by atoms with Gasteiger partial charge in [0.15, 0.2) is 0 Å². The molecule has 2 rings (SSSR count). The zero-order chi connectivity index (χ0) is 15.2. The average Bonchev–Trinajstić information content (AvgIpc) is 2.39. The highest BCUT2D eigenvalue weighted by molar-refractivity contribution is 5.92. The molecule has 0 spiro atoms. The van der Waals surface area contributed by atoms with Crippen LogP contribution < -0.4 is 5.32 Å². The smallest absolute Gasteiger partial charge is 0.305 e. The van der Waals surface area contributed by atoms with Gasteiger partial charge in [-0.1, -0.05) is 32.1 Å². The van der Waals surface area contributed by atoms with Gasteiger partial charge in [-0.05, 0) is 12.8 Å². The molecule has 0 bridgehead atoms. The van der Waals surface area contributed by atoms with Crippen LogP contribution in [-0.2, 0) is 14.4 Å². The molecule has 0 aromatic heterocycles. The molecule has 1 aliphatic carbocycles. The topological polar surface area (TPSA) is 86.7 Å². The second-order valence-electron chi connectivity index (χ2n) is 5.98. The number of nitrogens with zero attached hydrogens (tertiary/aromatic N) is 1. The lowest BCUT2D eigenvalue weighted by atomic mass is 9.89. The summed E-state index contributed by atoms with van der Waals surface area (Å²) in [4.78, 5) is 37.0. The van der Waals surface area contributed by atoms with Crippen molar-refractivity contribution in [3.63, 3.8) is 0 Å². The maximum absolute atomic E-state index is 12.7. The number of carboxylic acids is 1. The molecule has 2 N–H and O–H groups in total. The van der Waals surface area contributed by atoms with E-state index in [1.165, 1.54) is 11.3 Å². The Morgan fingerprint density at radius 2 is 1.76 bits per heavy atom. The van der Waals surface area contributed by atoms with Gasteiger partial charge < -0.3 is 15.3 Å². The standard InChI is InChI=1S/C15H24N2O4/c18-13(19)10-12-14(20)16-8-9-17(12)15(21)11-6-4-2-1-3-5-7-11/h11-12H,1-10H2,(H,16,20)(H,18,19). The number of hydrogen-bond donors (Lipinski definition) is 2. The Balaban J connectivity index is 2.06. The Labute approximate surface area is 124 Å². The second-order valence-corrected chi connectivity index (χ2v) is 5.98. The molecule has 6 nitrogen and oxygen atoms in total. The largest absolute Gasteiger partial charge is 0.481 e. The predicted octanol–water partition coefficient (Wildman–Crippen LogP) is 1.15. The van der Waals surface area contributed by atoms with Crippen LogP contribution in [0.2, 0.25) is 0 Å². The van der Waals surface area contributed by atoms with Gasteiger partial charge in [-0.25, -0.2) is 0 Å². The van der Waals surface area contributed by atoms with Crippen LogP contribution in [0, 0.1) is 5.92 Å². The van der Waals surface area contributed by atoms with E-state index < -0.39 is 12.0 Å². The summed E-state index contributed by atoms with van der Waals surface area (Å²) >= 11 is 0. The molecule has 1 unspecified atom stereocenters. The van der Waals surface area contributed by atoms with Gasteiger partial charge in [0, 0.05) is 19.0 Å². The molecule has 21 heavy (non-hydrogen) atoms. The summed E-state index contributed by atoms with van der Waals surface area (Å²) in [6.45, 7) is 0.826. The van der Waals surface area contributed by atoms with E-state index in [0.717, 1.165) is 38.5 Å². The number of carbonyl (C=O) groups excluding carboxylic acids is 2. The summed E-state index contributed by atoms with van der Waals surface area (Å²) < 4.78 is 0. The van der Waals surface area contributed by atoms with Gasteiger partial charge in [0.2, 0.25) is 11.8 Å². The van der Waals surface area contributed by atoms with Crippen molar-refractivity contribution >= 4 is 17.8 Å². The summed E-state index contributed by atoms with van der Waals surface area (Å²) in [5.41, 5.74) is 0. The minimum atomic E-state index is -1.05. The third kappa shape index (κ3) is 4.19. The van der Waals surface area contributed by atoms with Gasteiger partial charge in [0.25, 0.3) is 0 Å². The third-order valence-corrected chi connectivity index (χ3v) is 4.44. The van der Waals surface area contributed by atoms with Crippen molar-refractivity contribution in [2.45, 2.75) is 57.4 Å². The Morgan fingerprint density at radius 3 is 2.38 bits per heavy atom. The Kier molecular flexibility index (Phi) is 5.59. The maximum Gasteiger partial charge on any atom is 0.305 e. The second kappa shape index (κ2) is 7.43. The van der Waals surface area contributed by atoms with Crippen LogP contribution in [0.3, 0.4) is 0 Å². The number of rotatable bonds is 3. The zero-order valence-electron chi connectivity index (χ0n) is 12.3. The van der Waals surface area contributed by atoms with Gasteiger partial charge >= 0.3 is 5.97 Å². The fraction of sp³-hybridized carbons (Fsp3) is 0.800. The summed E-state index contributed by atoms with van der Waals surface area (Å²) in [6, 6.07) is -0.853. The Bertz CT molecular complexity index is 402. The van der Waals surface area contributed by atoms with Gasteiger partial charge in [0.1, 0.15) is 6.04 Å². The number of carbonyl (C=O) groups is 3. The first kappa shape index (κ1) is 15.8. The highest BCUT2D eigenvalue weighted by Gasteiger charge is 2.37. The maximum atomic E-state index is 12.7. The molecule has 1 aliphatic heterocycles. The van der Waals surface area contributed by atoms with Crippen molar-refractivity contribution in [3.05, 3.63) is 0 Å². The minimum absolute atomic E-state index is 0.0296. The lowest BCUT2D eigenvalue weighted by molar-refractivity contribution is -0.151. The van der Waals surface area contributed by atoms with Gasteiger partial charge in [-0.15, -0.1) is 0 Å². The molecule has 0 aromatic rings. The van der Waals surface area contributed by atoms with Crippen LogP contribution in [0.25, 0.3) is 0 Å². The molecule has 0 radical (unpaired) electrons. The molecule has 118 valence electrons. The minimum Gasteiger partial charge on any atom is -0.481 e. The predicted molar refractivity (Wildman–Crippen MR) is 76.6 cm³/mol. The van der Waals surface area contributed by atoms with E-state index >= 15 is 0 Å². The van der Waals surface area contributed by atoms with Crippen LogP contribution in [0.4, 0.5) is 0 Å². The normalized spacial score (nSPS) is 24.9. The number of amides is 2. The van der Waals surface area contributed by atoms with Crippen molar-refractivity contribution in [1.82, 2.24) is 10.2 Å². The van der Waals surface area contributed by atoms with Gasteiger partial charge in [-0.3, -0.25) is 14.4 Å². The number of hydrogen-bond acceptors (Lipinski definition) is 3. The summed E-state index contributed by atoms with van der Waals surface area (Å²) in [7, 11) is 0. The SMILES string of the molecule is O=C(O)CC1C(=O)NCCN1C(=O)C1CCCCCCC1. The number of carboxylic acid groups (broad SMARTS) is 1. The number of nitrogens with one attached hydrogen (secondary N) is 1. The first-order valence-electron chi connectivity index (χ1n) is 7.89. The fourth-order valence-electron chi connectivity index (χ4n) is 3.28. The highest BCUT2D eigenvalue weighted by atomic mass is 16.4. The van der Waals surface area contributed by atoms with Crippen LogP contribution in [0.5, 0.6) is 0 Å². The van der Waals surface area contributed by atoms with Crippen molar-refractivity contribution in [3.8, 4) is 0 Å². The van der Waals surface area contributed by atoms with E-state index in [2.05, 4.69) is 5.32 Å². The fourth-order valence-corrected chi connectivity index (χ4v) is 3.28. The van der Waals surface area contributed by atoms with Crippen molar-refractivity contribution in [1.29, 1.82) is 0 Å². The van der Waals surface area contributed by atoms with E-state index in [1.54, 1.807) is 0 Å². The molecule has 1 heterocycles. The molecule has 1 saturated carbocycles. The molecule has 1 atom stereocenters. The molecule has 0 aromatic carbocycles. The molecular weight excluding hydrogens is 272 g/mol. The summed E-state index contributed by atoms with van der Waals surface area (Å²) in [5.74, 6) is -1.47. The van der Waals surface area contributed by atoms with Crippen LogP contribution in [-0.4, -0.2) is 46.9 Å². The lowest BCUT2D eigenvalue weighted by Gasteiger charge is -2.36. The molecule has 2 aliphatic rings. The van der Waals surface area contributed by atoms with E-state index in [1.807, 2.05) is 0 Å².